The molecule has 0 saturated carbocycles. The summed E-state index contributed by atoms with van der Waals surface area (Å²) in [6.07, 6.45) is 2.51. The van der Waals surface area contributed by atoms with Crippen molar-refractivity contribution in [2.75, 3.05) is 47.5 Å². The summed E-state index contributed by atoms with van der Waals surface area (Å²) in [5.74, 6) is 2.87. The SMILES string of the molecule is CCNC(=NCc1cc(OC)c(OC)cc1OC)NCC1CCCN1CC. The van der Waals surface area contributed by atoms with Gasteiger partial charge in [-0.05, 0) is 38.9 Å². The van der Waals surface area contributed by atoms with Crippen molar-refractivity contribution in [3.63, 3.8) is 0 Å². The van der Waals surface area contributed by atoms with Crippen molar-refractivity contribution >= 4 is 5.96 Å². The Kier molecular flexibility index (Phi) is 8.51. The van der Waals surface area contributed by atoms with Gasteiger partial charge in [0.1, 0.15) is 5.75 Å². The van der Waals surface area contributed by atoms with E-state index in [-0.39, 0.29) is 0 Å². The summed E-state index contributed by atoms with van der Waals surface area (Å²) in [4.78, 5) is 7.26. The van der Waals surface area contributed by atoms with E-state index in [1.807, 2.05) is 12.1 Å². The van der Waals surface area contributed by atoms with Gasteiger partial charge in [-0.1, -0.05) is 6.92 Å². The van der Waals surface area contributed by atoms with Crippen molar-refractivity contribution in [3.05, 3.63) is 17.7 Å². The number of guanidine groups is 1. The lowest BCUT2D eigenvalue weighted by atomic mass is 10.1. The Labute approximate surface area is 163 Å². The number of likely N-dealkylation sites (N-methyl/N-ethyl adjacent to an activating group) is 1. The number of benzene rings is 1. The predicted octanol–water partition coefficient (Wildman–Crippen LogP) is 2.25. The zero-order chi connectivity index (χ0) is 19.6. The molecule has 1 atom stereocenters. The summed E-state index contributed by atoms with van der Waals surface area (Å²) in [6, 6.07) is 4.33. The van der Waals surface area contributed by atoms with E-state index in [2.05, 4.69) is 29.4 Å². The van der Waals surface area contributed by atoms with Gasteiger partial charge in [-0.2, -0.15) is 0 Å². The molecule has 1 fully saturated rings. The molecule has 0 amide bonds. The lowest BCUT2D eigenvalue weighted by molar-refractivity contribution is 0.267. The Hall–Kier alpha value is -2.15. The van der Waals surface area contributed by atoms with Crippen LogP contribution in [0.4, 0.5) is 0 Å². The van der Waals surface area contributed by atoms with E-state index in [4.69, 9.17) is 19.2 Å². The molecular weight excluding hydrogens is 344 g/mol. The van der Waals surface area contributed by atoms with Crippen molar-refractivity contribution in [1.82, 2.24) is 15.5 Å². The van der Waals surface area contributed by atoms with E-state index in [9.17, 15) is 0 Å². The van der Waals surface area contributed by atoms with Crippen LogP contribution in [-0.4, -0.2) is 64.4 Å². The van der Waals surface area contributed by atoms with Crippen LogP contribution in [0.1, 0.15) is 32.3 Å². The van der Waals surface area contributed by atoms with Gasteiger partial charge in [-0.15, -0.1) is 0 Å². The second kappa shape index (κ2) is 10.9. The Balaban J connectivity index is 2.09. The number of likely N-dealkylation sites (tertiary alicyclic amines) is 1. The minimum absolute atomic E-state index is 0.487. The first-order valence-corrected chi connectivity index (χ1v) is 9.71. The highest BCUT2D eigenvalue weighted by molar-refractivity contribution is 5.79. The van der Waals surface area contributed by atoms with Gasteiger partial charge in [0.25, 0.3) is 0 Å². The van der Waals surface area contributed by atoms with Crippen LogP contribution in [0.15, 0.2) is 17.1 Å². The van der Waals surface area contributed by atoms with E-state index in [0.717, 1.165) is 36.9 Å². The topological polar surface area (TPSA) is 67.4 Å². The molecule has 1 aromatic rings. The minimum atomic E-state index is 0.487. The lowest BCUT2D eigenvalue weighted by Crippen LogP contribution is -2.44. The molecule has 1 unspecified atom stereocenters. The van der Waals surface area contributed by atoms with Crippen LogP contribution in [0.5, 0.6) is 17.2 Å². The number of methoxy groups -OCH3 is 3. The predicted molar refractivity (Wildman–Crippen MR) is 109 cm³/mol. The van der Waals surface area contributed by atoms with Crippen LogP contribution in [-0.2, 0) is 6.54 Å². The molecule has 27 heavy (non-hydrogen) atoms. The summed E-state index contributed by atoms with van der Waals surface area (Å²) in [6.45, 7) is 8.80. The summed E-state index contributed by atoms with van der Waals surface area (Å²) in [5.41, 5.74) is 0.948. The van der Waals surface area contributed by atoms with E-state index in [0.29, 0.717) is 24.1 Å². The first-order valence-electron chi connectivity index (χ1n) is 9.71. The molecule has 2 rings (SSSR count). The maximum absolute atomic E-state index is 5.50. The van der Waals surface area contributed by atoms with E-state index < -0.39 is 0 Å². The fourth-order valence-corrected chi connectivity index (χ4v) is 3.48. The number of hydrogen-bond acceptors (Lipinski definition) is 5. The fraction of sp³-hybridized carbons (Fsp3) is 0.650. The molecule has 7 heteroatoms. The highest BCUT2D eigenvalue weighted by Gasteiger charge is 2.22. The second-order valence-corrected chi connectivity index (χ2v) is 6.52. The van der Waals surface area contributed by atoms with Gasteiger partial charge in [0.2, 0.25) is 0 Å². The standard InChI is InChI=1S/C20H34N4O3/c1-6-21-20(23-14-16-9-8-10-24(16)7-2)22-13-15-11-18(26-4)19(27-5)12-17(15)25-3/h11-12,16H,6-10,13-14H2,1-5H3,(H2,21,22,23). The van der Waals surface area contributed by atoms with Gasteiger partial charge in [-0.3, -0.25) is 4.90 Å². The van der Waals surface area contributed by atoms with Crippen LogP contribution in [0.2, 0.25) is 0 Å². The number of rotatable bonds is 9. The smallest absolute Gasteiger partial charge is 0.191 e. The first-order chi connectivity index (χ1) is 13.2. The summed E-state index contributed by atoms with van der Waals surface area (Å²) in [5, 5.41) is 6.81. The lowest BCUT2D eigenvalue weighted by Gasteiger charge is -2.24. The Morgan fingerprint density at radius 3 is 2.41 bits per heavy atom. The molecule has 0 spiro atoms. The number of nitrogens with zero attached hydrogens (tertiary/aromatic N) is 2. The number of nitrogens with one attached hydrogen (secondary N) is 2. The number of aliphatic imine (C=N–C) groups is 1. The van der Waals surface area contributed by atoms with Crippen LogP contribution in [0.3, 0.4) is 0 Å². The maximum Gasteiger partial charge on any atom is 0.191 e. The third-order valence-corrected chi connectivity index (χ3v) is 4.95. The molecule has 1 aromatic carbocycles. The molecule has 7 nitrogen and oxygen atoms in total. The van der Waals surface area contributed by atoms with Gasteiger partial charge in [0.15, 0.2) is 17.5 Å². The van der Waals surface area contributed by atoms with Crippen molar-refractivity contribution in [2.24, 2.45) is 4.99 Å². The fourth-order valence-electron chi connectivity index (χ4n) is 3.48. The summed E-state index contributed by atoms with van der Waals surface area (Å²) >= 11 is 0. The van der Waals surface area contributed by atoms with Gasteiger partial charge in [-0.25, -0.2) is 4.99 Å². The highest BCUT2D eigenvalue weighted by atomic mass is 16.5. The zero-order valence-corrected chi connectivity index (χ0v) is 17.3. The summed E-state index contributed by atoms with van der Waals surface area (Å²) < 4.78 is 16.2. The third-order valence-electron chi connectivity index (χ3n) is 4.95. The molecule has 1 aliphatic rings. The van der Waals surface area contributed by atoms with Crippen LogP contribution < -0.4 is 24.8 Å². The molecule has 0 radical (unpaired) electrons. The quantitative estimate of drug-likeness (QED) is 0.507. The highest BCUT2D eigenvalue weighted by Crippen LogP contribution is 2.34. The van der Waals surface area contributed by atoms with Crippen molar-refractivity contribution < 1.29 is 14.2 Å². The maximum atomic E-state index is 5.50. The molecule has 1 aliphatic heterocycles. The van der Waals surface area contributed by atoms with Gasteiger partial charge >= 0.3 is 0 Å². The average molecular weight is 379 g/mol. The number of hydrogen-bond donors (Lipinski definition) is 2. The normalized spacial score (nSPS) is 17.7. The number of ether oxygens (including phenoxy) is 3. The third kappa shape index (κ3) is 5.66. The van der Waals surface area contributed by atoms with Crippen LogP contribution >= 0.6 is 0 Å². The monoisotopic (exact) mass is 378 g/mol. The van der Waals surface area contributed by atoms with Crippen LogP contribution in [0, 0.1) is 0 Å². The minimum Gasteiger partial charge on any atom is -0.496 e. The largest absolute Gasteiger partial charge is 0.496 e. The van der Waals surface area contributed by atoms with Gasteiger partial charge < -0.3 is 24.8 Å². The molecular formula is C20H34N4O3. The van der Waals surface area contributed by atoms with Gasteiger partial charge in [0, 0.05) is 30.8 Å². The molecule has 0 aliphatic carbocycles. The molecule has 152 valence electrons. The second-order valence-electron chi connectivity index (χ2n) is 6.52. The molecule has 0 aromatic heterocycles. The zero-order valence-electron chi connectivity index (χ0n) is 17.3. The van der Waals surface area contributed by atoms with Crippen molar-refractivity contribution in [2.45, 2.75) is 39.3 Å². The van der Waals surface area contributed by atoms with E-state index in [1.54, 1.807) is 21.3 Å². The van der Waals surface area contributed by atoms with E-state index >= 15 is 0 Å². The molecule has 1 heterocycles. The van der Waals surface area contributed by atoms with Crippen LogP contribution in [0.25, 0.3) is 0 Å². The molecule has 2 N–H and O–H groups in total. The average Bonchev–Trinajstić information content (AvgIpc) is 3.16. The van der Waals surface area contributed by atoms with E-state index in [1.165, 1.54) is 19.4 Å². The van der Waals surface area contributed by atoms with Crippen molar-refractivity contribution in [3.8, 4) is 17.2 Å². The van der Waals surface area contributed by atoms with Gasteiger partial charge in [0.05, 0.1) is 27.9 Å². The Morgan fingerprint density at radius 2 is 1.78 bits per heavy atom. The first kappa shape index (κ1) is 21.2. The Morgan fingerprint density at radius 1 is 1.07 bits per heavy atom. The molecule has 1 saturated heterocycles. The summed E-state index contributed by atoms with van der Waals surface area (Å²) in [7, 11) is 4.90. The van der Waals surface area contributed by atoms with Crippen molar-refractivity contribution in [1.29, 1.82) is 0 Å². The Bertz CT molecular complexity index is 621. The molecule has 0 bridgehead atoms.